The summed E-state index contributed by atoms with van der Waals surface area (Å²) >= 11 is 3.42. The molecule has 0 aromatic heterocycles. The summed E-state index contributed by atoms with van der Waals surface area (Å²) in [5.41, 5.74) is 5.85. The maximum Gasteiger partial charge on any atom is 0.174 e. The lowest BCUT2D eigenvalue weighted by Gasteiger charge is -2.29. The van der Waals surface area contributed by atoms with Crippen molar-refractivity contribution in [2.45, 2.75) is 26.7 Å². The molecule has 0 saturated carbocycles. The van der Waals surface area contributed by atoms with Crippen LogP contribution in [0.1, 0.15) is 37.0 Å². The number of carbonyl (C=O) groups is 1. The highest BCUT2D eigenvalue weighted by molar-refractivity contribution is 9.10. The van der Waals surface area contributed by atoms with Crippen molar-refractivity contribution in [2.75, 3.05) is 20.8 Å². The fraction of sp³-hybridized carbons (Fsp3) is 0.533. The zero-order chi connectivity index (χ0) is 15.3. The van der Waals surface area contributed by atoms with Gasteiger partial charge in [-0.25, -0.2) is 0 Å². The first kappa shape index (κ1) is 17.0. The van der Waals surface area contributed by atoms with Gasteiger partial charge in [0.1, 0.15) is 16.0 Å². The second-order valence-electron chi connectivity index (χ2n) is 4.68. The van der Waals surface area contributed by atoms with Gasteiger partial charge in [-0.15, -0.1) is 0 Å². The molecular formula is C15H22BrNO3. The van der Waals surface area contributed by atoms with E-state index >= 15 is 0 Å². The van der Waals surface area contributed by atoms with Crippen LogP contribution >= 0.6 is 15.9 Å². The summed E-state index contributed by atoms with van der Waals surface area (Å²) < 4.78 is 11.2. The Morgan fingerprint density at radius 3 is 2.25 bits per heavy atom. The molecule has 20 heavy (non-hydrogen) atoms. The van der Waals surface area contributed by atoms with E-state index in [0.29, 0.717) is 40.9 Å². The number of methoxy groups -OCH3 is 2. The Balaban J connectivity index is 3.39. The molecule has 1 aromatic carbocycles. The van der Waals surface area contributed by atoms with Crippen LogP contribution in [-0.4, -0.2) is 26.5 Å². The molecule has 0 saturated heterocycles. The minimum atomic E-state index is -0.540. The van der Waals surface area contributed by atoms with Crippen molar-refractivity contribution in [3.8, 4) is 11.5 Å². The Hall–Kier alpha value is -1.07. The lowest BCUT2D eigenvalue weighted by molar-refractivity contribution is 0.0784. The van der Waals surface area contributed by atoms with E-state index < -0.39 is 5.41 Å². The number of benzene rings is 1. The summed E-state index contributed by atoms with van der Waals surface area (Å²) in [7, 11) is 3.11. The van der Waals surface area contributed by atoms with Crippen molar-refractivity contribution in [3.05, 3.63) is 22.2 Å². The summed E-state index contributed by atoms with van der Waals surface area (Å²) in [5, 5.41) is 0. The molecule has 0 atom stereocenters. The van der Waals surface area contributed by atoms with E-state index in [9.17, 15) is 4.79 Å². The molecule has 1 rings (SSSR count). The third-order valence-corrected chi connectivity index (χ3v) is 4.71. The fourth-order valence-corrected chi connectivity index (χ4v) is 2.98. The second-order valence-corrected chi connectivity index (χ2v) is 5.48. The zero-order valence-corrected chi connectivity index (χ0v) is 14.0. The van der Waals surface area contributed by atoms with Crippen LogP contribution in [0.25, 0.3) is 0 Å². The van der Waals surface area contributed by atoms with E-state index in [0.717, 1.165) is 0 Å². The van der Waals surface area contributed by atoms with Gasteiger partial charge >= 0.3 is 0 Å². The molecule has 0 heterocycles. The number of ether oxygens (including phenoxy) is 2. The molecule has 0 aliphatic carbocycles. The molecule has 0 spiro atoms. The lowest BCUT2D eigenvalue weighted by atomic mass is 9.75. The first-order valence-corrected chi connectivity index (χ1v) is 7.45. The van der Waals surface area contributed by atoms with E-state index in [2.05, 4.69) is 15.9 Å². The van der Waals surface area contributed by atoms with Gasteiger partial charge in [0.2, 0.25) is 0 Å². The van der Waals surface area contributed by atoms with Crippen LogP contribution in [0.5, 0.6) is 11.5 Å². The lowest BCUT2D eigenvalue weighted by Crippen LogP contribution is -2.37. The number of ketones is 1. The van der Waals surface area contributed by atoms with Gasteiger partial charge in [-0.1, -0.05) is 13.8 Å². The highest BCUT2D eigenvalue weighted by Gasteiger charge is 2.36. The largest absolute Gasteiger partial charge is 0.495 e. The van der Waals surface area contributed by atoms with Gasteiger partial charge < -0.3 is 15.2 Å². The summed E-state index contributed by atoms with van der Waals surface area (Å²) in [6.07, 6.45) is 1.40. The zero-order valence-electron chi connectivity index (χ0n) is 12.5. The van der Waals surface area contributed by atoms with Gasteiger partial charge in [0, 0.05) is 12.0 Å². The topological polar surface area (TPSA) is 61.6 Å². The van der Waals surface area contributed by atoms with E-state index in [4.69, 9.17) is 15.2 Å². The van der Waals surface area contributed by atoms with Crippen molar-refractivity contribution in [2.24, 2.45) is 11.1 Å². The number of halogens is 1. The molecule has 4 nitrogen and oxygen atoms in total. The Bertz CT molecular complexity index is 476. The van der Waals surface area contributed by atoms with Gasteiger partial charge in [-0.3, -0.25) is 4.79 Å². The summed E-state index contributed by atoms with van der Waals surface area (Å²) in [4.78, 5) is 12.9. The SMILES string of the molecule is CCC(CC)(CN)C(=O)c1ccc(OC)c(Br)c1OC. The number of nitrogens with two attached hydrogens (primary N) is 1. The predicted octanol–water partition coefficient (Wildman–Crippen LogP) is 3.41. The van der Waals surface area contributed by atoms with Crippen molar-refractivity contribution < 1.29 is 14.3 Å². The minimum absolute atomic E-state index is 0.0187. The summed E-state index contributed by atoms with van der Waals surface area (Å²) in [6.45, 7) is 4.30. The molecule has 0 unspecified atom stereocenters. The molecule has 0 fully saturated rings. The molecule has 0 aliphatic heterocycles. The van der Waals surface area contributed by atoms with Crippen molar-refractivity contribution >= 4 is 21.7 Å². The standard InChI is InChI=1S/C15H22BrNO3/c1-5-15(6-2,9-17)14(18)10-7-8-11(19-3)12(16)13(10)20-4/h7-8H,5-6,9,17H2,1-4H3. The van der Waals surface area contributed by atoms with Gasteiger partial charge in [0.15, 0.2) is 5.78 Å². The average Bonchev–Trinajstić information content (AvgIpc) is 2.49. The highest BCUT2D eigenvalue weighted by atomic mass is 79.9. The number of Topliss-reactive ketones (excluding diaryl/α,β-unsaturated/α-hetero) is 1. The molecule has 0 bridgehead atoms. The fourth-order valence-electron chi connectivity index (χ4n) is 2.31. The van der Waals surface area contributed by atoms with Gasteiger partial charge in [0.25, 0.3) is 0 Å². The maximum absolute atomic E-state index is 12.9. The molecule has 0 radical (unpaired) electrons. The Morgan fingerprint density at radius 1 is 1.25 bits per heavy atom. The third kappa shape index (κ3) is 2.83. The van der Waals surface area contributed by atoms with E-state index in [1.165, 1.54) is 0 Å². The first-order chi connectivity index (χ1) is 9.51. The van der Waals surface area contributed by atoms with Crippen LogP contribution in [0.15, 0.2) is 16.6 Å². The predicted molar refractivity (Wildman–Crippen MR) is 83.6 cm³/mol. The highest BCUT2D eigenvalue weighted by Crippen LogP contribution is 2.40. The van der Waals surface area contributed by atoms with Gasteiger partial charge in [-0.05, 0) is 40.9 Å². The summed E-state index contributed by atoms with van der Waals surface area (Å²) in [6, 6.07) is 3.49. The van der Waals surface area contributed by atoms with E-state index in [1.54, 1.807) is 26.4 Å². The maximum atomic E-state index is 12.9. The average molecular weight is 344 g/mol. The number of carbonyl (C=O) groups excluding carboxylic acids is 1. The first-order valence-electron chi connectivity index (χ1n) is 6.66. The van der Waals surface area contributed by atoms with Crippen molar-refractivity contribution in [3.63, 3.8) is 0 Å². The molecule has 1 aromatic rings. The minimum Gasteiger partial charge on any atom is -0.495 e. The molecule has 0 aliphatic rings. The van der Waals surface area contributed by atoms with Crippen molar-refractivity contribution in [1.29, 1.82) is 0 Å². The second kappa shape index (κ2) is 7.09. The van der Waals surface area contributed by atoms with Crippen LogP contribution in [0, 0.1) is 5.41 Å². The Kier molecular flexibility index (Phi) is 6.02. The Labute approximate surface area is 128 Å². The van der Waals surface area contributed by atoms with Gasteiger partial charge in [0.05, 0.1) is 19.8 Å². The molecular weight excluding hydrogens is 322 g/mol. The molecule has 0 amide bonds. The molecule has 2 N–H and O–H groups in total. The van der Waals surface area contributed by atoms with Crippen LogP contribution in [0.3, 0.4) is 0 Å². The smallest absolute Gasteiger partial charge is 0.174 e. The van der Waals surface area contributed by atoms with Crippen LogP contribution in [0.2, 0.25) is 0 Å². The van der Waals surface area contributed by atoms with Gasteiger partial charge in [-0.2, -0.15) is 0 Å². The summed E-state index contributed by atoms with van der Waals surface area (Å²) in [5.74, 6) is 1.14. The quantitative estimate of drug-likeness (QED) is 0.770. The molecule has 5 heteroatoms. The third-order valence-electron chi connectivity index (χ3n) is 3.96. The normalized spacial score (nSPS) is 11.3. The number of rotatable bonds is 7. The van der Waals surface area contributed by atoms with Crippen molar-refractivity contribution in [1.82, 2.24) is 0 Å². The van der Waals surface area contributed by atoms with Crippen LogP contribution in [-0.2, 0) is 0 Å². The Morgan fingerprint density at radius 2 is 1.85 bits per heavy atom. The number of hydrogen-bond acceptors (Lipinski definition) is 4. The number of hydrogen-bond donors (Lipinski definition) is 1. The van der Waals surface area contributed by atoms with Crippen LogP contribution in [0.4, 0.5) is 0 Å². The van der Waals surface area contributed by atoms with Crippen LogP contribution < -0.4 is 15.2 Å². The van der Waals surface area contributed by atoms with E-state index in [1.807, 2.05) is 13.8 Å². The monoisotopic (exact) mass is 343 g/mol. The molecule has 112 valence electrons. The van der Waals surface area contributed by atoms with E-state index in [-0.39, 0.29) is 5.78 Å².